The molecule has 0 N–H and O–H groups in total. The van der Waals surface area contributed by atoms with Crippen molar-refractivity contribution in [2.45, 2.75) is 13.8 Å². The number of nitrogens with zero attached hydrogens (tertiary/aromatic N) is 2. The maximum Gasteiger partial charge on any atom is 0.326 e. The molecule has 25 heavy (non-hydrogen) atoms. The van der Waals surface area contributed by atoms with Crippen LogP contribution in [0.1, 0.15) is 19.4 Å². The largest absolute Gasteiger partial charge is 0.464 e. The molecular weight excluding hydrogens is 364 g/mol. The molecule has 0 radical (unpaired) electrons. The van der Waals surface area contributed by atoms with E-state index in [1.165, 1.54) is 29.2 Å². The maximum absolute atomic E-state index is 12.4. The summed E-state index contributed by atoms with van der Waals surface area (Å²) in [5.41, 5.74) is 0.443. The average Bonchev–Trinajstić information content (AvgIpc) is 2.80. The average molecular weight is 380 g/mol. The summed E-state index contributed by atoms with van der Waals surface area (Å²) < 4.78 is 5.31. The van der Waals surface area contributed by atoms with Crippen LogP contribution in [-0.4, -0.2) is 39.2 Å². The molecule has 0 atom stereocenters. The summed E-state index contributed by atoms with van der Waals surface area (Å²) >= 11 is 6.19. The Bertz CT molecular complexity index is 761. The van der Waals surface area contributed by atoms with Crippen molar-refractivity contribution >= 4 is 51.9 Å². The van der Waals surface area contributed by atoms with Crippen LogP contribution in [0.3, 0.4) is 0 Å². The first-order valence-corrected chi connectivity index (χ1v) is 8.66. The normalized spacial score (nSPS) is 16.0. The Morgan fingerprint density at radius 2 is 2.20 bits per heavy atom. The van der Waals surface area contributed by atoms with Crippen LogP contribution < -0.4 is 0 Å². The zero-order valence-corrected chi connectivity index (χ0v) is 15.3. The molecule has 0 bridgehead atoms. The highest BCUT2D eigenvalue weighted by Gasteiger charge is 2.33. The molecular formula is C16H16N2O5S2. The van der Waals surface area contributed by atoms with Crippen molar-refractivity contribution in [3.63, 3.8) is 0 Å². The Morgan fingerprint density at radius 3 is 2.84 bits per heavy atom. The number of non-ortho nitro benzene ring substituents is 1. The van der Waals surface area contributed by atoms with Crippen LogP contribution in [-0.2, 0) is 14.3 Å². The number of hydrogen-bond donors (Lipinski definition) is 0. The quantitative estimate of drug-likeness (QED) is 0.246. The first kappa shape index (κ1) is 19.1. The minimum atomic E-state index is -0.526. The number of esters is 1. The van der Waals surface area contributed by atoms with Crippen LogP contribution in [0.2, 0.25) is 0 Å². The van der Waals surface area contributed by atoms with E-state index >= 15 is 0 Å². The fraction of sp³-hybridized carbons (Fsp3) is 0.312. The number of ether oxygens (including phenoxy) is 1. The van der Waals surface area contributed by atoms with Crippen molar-refractivity contribution in [2.24, 2.45) is 5.92 Å². The van der Waals surface area contributed by atoms with Crippen molar-refractivity contribution in [2.75, 3.05) is 13.2 Å². The molecule has 0 aliphatic carbocycles. The molecule has 1 aromatic carbocycles. The summed E-state index contributed by atoms with van der Waals surface area (Å²) in [5.74, 6) is -0.742. The van der Waals surface area contributed by atoms with Gasteiger partial charge in [-0.2, -0.15) is 0 Å². The van der Waals surface area contributed by atoms with Gasteiger partial charge < -0.3 is 4.74 Å². The summed E-state index contributed by atoms with van der Waals surface area (Å²) in [6, 6.07) is 5.92. The molecule has 0 unspecified atom stereocenters. The smallest absolute Gasteiger partial charge is 0.326 e. The second-order valence-electron chi connectivity index (χ2n) is 5.70. The third kappa shape index (κ3) is 5.10. The number of benzene rings is 1. The molecule has 132 valence electrons. The fourth-order valence-corrected chi connectivity index (χ4v) is 3.21. The monoisotopic (exact) mass is 380 g/mol. The lowest BCUT2D eigenvalue weighted by Gasteiger charge is -2.14. The van der Waals surface area contributed by atoms with Gasteiger partial charge in [-0.3, -0.25) is 24.6 Å². The van der Waals surface area contributed by atoms with E-state index in [4.69, 9.17) is 17.0 Å². The SMILES string of the molecule is CC(C)COC(=O)CN1C(=O)/C(=C/c2cccc([N+](=O)[O-])c2)SC1=S. The molecule has 1 aromatic rings. The highest BCUT2D eigenvalue weighted by Crippen LogP contribution is 2.32. The van der Waals surface area contributed by atoms with Crippen molar-refractivity contribution < 1.29 is 19.2 Å². The van der Waals surface area contributed by atoms with Gasteiger partial charge in [0.05, 0.1) is 16.4 Å². The maximum atomic E-state index is 12.4. The third-order valence-corrected chi connectivity index (χ3v) is 4.50. The van der Waals surface area contributed by atoms with Crippen LogP contribution in [0.5, 0.6) is 0 Å². The van der Waals surface area contributed by atoms with E-state index in [0.717, 1.165) is 11.8 Å². The topological polar surface area (TPSA) is 89.8 Å². The molecule has 1 amide bonds. The van der Waals surface area contributed by atoms with E-state index in [2.05, 4.69) is 0 Å². The number of carbonyl (C=O) groups excluding carboxylic acids is 2. The van der Waals surface area contributed by atoms with Gasteiger partial charge in [-0.15, -0.1) is 0 Å². The minimum absolute atomic E-state index is 0.0681. The molecule has 0 spiro atoms. The highest BCUT2D eigenvalue weighted by atomic mass is 32.2. The van der Waals surface area contributed by atoms with Gasteiger partial charge in [-0.25, -0.2) is 0 Å². The Morgan fingerprint density at radius 1 is 1.48 bits per heavy atom. The molecule has 7 nitrogen and oxygen atoms in total. The molecule has 1 saturated heterocycles. The van der Waals surface area contributed by atoms with Crippen LogP contribution >= 0.6 is 24.0 Å². The Kier molecular flexibility index (Phi) is 6.27. The van der Waals surface area contributed by atoms with Crippen molar-refractivity contribution in [3.05, 3.63) is 44.8 Å². The molecule has 1 aliphatic rings. The second-order valence-corrected chi connectivity index (χ2v) is 7.37. The van der Waals surface area contributed by atoms with Gasteiger partial charge in [-0.05, 0) is 17.6 Å². The number of nitro groups is 1. The number of rotatable bonds is 6. The number of hydrogen-bond acceptors (Lipinski definition) is 7. The minimum Gasteiger partial charge on any atom is -0.464 e. The van der Waals surface area contributed by atoms with Gasteiger partial charge in [0.25, 0.3) is 11.6 Å². The highest BCUT2D eigenvalue weighted by molar-refractivity contribution is 8.26. The number of carbonyl (C=O) groups is 2. The number of nitro benzene ring substituents is 1. The first-order chi connectivity index (χ1) is 11.8. The molecule has 2 rings (SSSR count). The van der Waals surface area contributed by atoms with Gasteiger partial charge in [0.2, 0.25) is 0 Å². The number of amides is 1. The van der Waals surface area contributed by atoms with E-state index < -0.39 is 16.8 Å². The predicted molar refractivity (Wildman–Crippen MR) is 98.8 cm³/mol. The van der Waals surface area contributed by atoms with E-state index in [0.29, 0.717) is 10.5 Å². The fourth-order valence-electron chi connectivity index (χ4n) is 1.95. The zero-order valence-electron chi connectivity index (χ0n) is 13.6. The summed E-state index contributed by atoms with van der Waals surface area (Å²) in [4.78, 5) is 36.0. The summed E-state index contributed by atoms with van der Waals surface area (Å²) in [5, 5.41) is 10.8. The third-order valence-electron chi connectivity index (χ3n) is 3.12. The lowest BCUT2D eigenvalue weighted by Crippen LogP contribution is -2.34. The Hall–Kier alpha value is -2.26. The summed E-state index contributed by atoms with van der Waals surface area (Å²) in [7, 11) is 0. The van der Waals surface area contributed by atoms with Crippen molar-refractivity contribution in [1.29, 1.82) is 0 Å². The van der Waals surface area contributed by atoms with Crippen molar-refractivity contribution in [1.82, 2.24) is 4.90 Å². The standard InChI is InChI=1S/C16H16N2O5S2/c1-10(2)9-23-14(19)8-17-15(20)13(25-16(17)24)7-11-4-3-5-12(6-11)18(21)22/h3-7,10H,8-9H2,1-2H3/b13-7-. The zero-order chi connectivity index (χ0) is 18.6. The predicted octanol–water partition coefficient (Wildman–Crippen LogP) is 3.00. The number of thioether (sulfide) groups is 1. The van der Waals surface area contributed by atoms with Crippen LogP contribution in [0, 0.1) is 16.0 Å². The van der Waals surface area contributed by atoms with E-state index in [-0.39, 0.29) is 29.1 Å². The van der Waals surface area contributed by atoms with E-state index in [9.17, 15) is 19.7 Å². The van der Waals surface area contributed by atoms with E-state index in [1.54, 1.807) is 6.07 Å². The van der Waals surface area contributed by atoms with Gasteiger partial charge in [0.15, 0.2) is 0 Å². The lowest BCUT2D eigenvalue weighted by molar-refractivity contribution is -0.384. The molecule has 1 aliphatic heterocycles. The van der Waals surface area contributed by atoms with Crippen LogP contribution in [0.4, 0.5) is 5.69 Å². The summed E-state index contributed by atoms with van der Waals surface area (Å²) in [6.45, 7) is 3.85. The molecule has 1 fully saturated rings. The molecule has 0 aromatic heterocycles. The van der Waals surface area contributed by atoms with E-state index in [1.807, 2.05) is 13.8 Å². The van der Waals surface area contributed by atoms with Gasteiger partial charge >= 0.3 is 5.97 Å². The van der Waals surface area contributed by atoms with Crippen LogP contribution in [0.25, 0.3) is 6.08 Å². The van der Waals surface area contributed by atoms with Gasteiger partial charge in [-0.1, -0.05) is 50.0 Å². The first-order valence-electron chi connectivity index (χ1n) is 7.43. The number of thiocarbonyl (C=S) groups is 1. The molecule has 9 heteroatoms. The Balaban J connectivity index is 2.11. The molecule has 0 saturated carbocycles. The second kappa shape index (κ2) is 8.21. The lowest BCUT2D eigenvalue weighted by atomic mass is 10.2. The van der Waals surface area contributed by atoms with Gasteiger partial charge in [0.1, 0.15) is 10.9 Å². The molecule has 1 heterocycles. The van der Waals surface area contributed by atoms with Gasteiger partial charge in [0, 0.05) is 12.1 Å². The van der Waals surface area contributed by atoms with Crippen LogP contribution in [0.15, 0.2) is 29.2 Å². The van der Waals surface area contributed by atoms with Crippen molar-refractivity contribution in [3.8, 4) is 0 Å². The summed E-state index contributed by atoms with van der Waals surface area (Å²) in [6.07, 6.45) is 1.52. The Labute approximate surface area is 154 Å².